The van der Waals surface area contributed by atoms with E-state index in [4.69, 9.17) is 22.1 Å². The normalized spacial score (nSPS) is 10.4. The molecule has 0 fully saturated rings. The zero-order valence-corrected chi connectivity index (χ0v) is 8.41. The average molecular weight is 212 g/mol. The van der Waals surface area contributed by atoms with Crippen LogP contribution in [0.4, 0.5) is 0 Å². The highest BCUT2D eigenvalue weighted by molar-refractivity contribution is 6.30. The van der Waals surface area contributed by atoms with Crippen LogP contribution in [0.2, 0.25) is 5.02 Å². The molecule has 0 radical (unpaired) electrons. The smallest absolute Gasteiger partial charge is 0.241 e. The van der Waals surface area contributed by atoms with Crippen LogP contribution in [0.5, 0.6) is 5.75 Å². The van der Waals surface area contributed by atoms with Crippen LogP contribution in [0.1, 0.15) is 5.56 Å². The molecule has 74 valence electrons. The molecule has 0 saturated heterocycles. The molecule has 0 heterocycles. The van der Waals surface area contributed by atoms with Crippen molar-refractivity contribution in [2.24, 2.45) is 5.73 Å². The van der Waals surface area contributed by atoms with Crippen molar-refractivity contribution in [2.45, 2.75) is 0 Å². The lowest BCUT2D eigenvalue weighted by Gasteiger charge is -2.04. The third-order valence-electron chi connectivity index (χ3n) is 1.62. The van der Waals surface area contributed by atoms with Gasteiger partial charge in [-0.05, 0) is 24.3 Å². The number of amides is 1. The van der Waals surface area contributed by atoms with E-state index in [1.54, 1.807) is 31.4 Å². The van der Waals surface area contributed by atoms with E-state index in [0.717, 1.165) is 5.56 Å². The molecule has 0 spiro atoms. The second-order valence-electron chi connectivity index (χ2n) is 2.62. The summed E-state index contributed by atoms with van der Waals surface area (Å²) in [6.45, 7) is 0. The van der Waals surface area contributed by atoms with Gasteiger partial charge in [-0.25, -0.2) is 0 Å². The molecule has 14 heavy (non-hydrogen) atoms. The third kappa shape index (κ3) is 2.78. The van der Waals surface area contributed by atoms with Crippen molar-refractivity contribution in [2.75, 3.05) is 7.11 Å². The van der Waals surface area contributed by atoms with Gasteiger partial charge >= 0.3 is 0 Å². The number of methoxy groups -OCH3 is 1. The minimum atomic E-state index is -0.507. The summed E-state index contributed by atoms with van der Waals surface area (Å²) < 4.78 is 5.07. The van der Waals surface area contributed by atoms with E-state index in [1.807, 2.05) is 0 Å². The maximum absolute atomic E-state index is 10.5. The highest BCUT2D eigenvalue weighted by Gasteiger charge is 2.00. The van der Waals surface area contributed by atoms with Gasteiger partial charge in [-0.1, -0.05) is 11.6 Å². The Kier molecular flexibility index (Phi) is 3.54. The zero-order valence-electron chi connectivity index (χ0n) is 7.66. The molecule has 2 N–H and O–H groups in total. The van der Waals surface area contributed by atoms with Crippen LogP contribution in [0, 0.1) is 0 Å². The maximum atomic E-state index is 10.5. The number of halogens is 1. The van der Waals surface area contributed by atoms with Gasteiger partial charge in [0.05, 0.1) is 7.11 Å². The van der Waals surface area contributed by atoms with Crippen LogP contribution in [-0.2, 0) is 4.79 Å². The number of hydrogen-bond donors (Lipinski definition) is 1. The van der Waals surface area contributed by atoms with Gasteiger partial charge in [-0.15, -0.1) is 0 Å². The zero-order chi connectivity index (χ0) is 10.6. The van der Waals surface area contributed by atoms with Gasteiger partial charge in [0.2, 0.25) is 5.91 Å². The first-order valence-electron chi connectivity index (χ1n) is 3.94. The van der Waals surface area contributed by atoms with Gasteiger partial charge in [-0.2, -0.15) is 0 Å². The van der Waals surface area contributed by atoms with Gasteiger partial charge < -0.3 is 10.5 Å². The number of benzene rings is 1. The number of ether oxygens (including phenoxy) is 1. The van der Waals surface area contributed by atoms with Gasteiger partial charge in [0.15, 0.2) is 0 Å². The molecule has 0 bridgehead atoms. The minimum Gasteiger partial charge on any atom is -0.496 e. The lowest BCUT2D eigenvalue weighted by atomic mass is 10.2. The highest BCUT2D eigenvalue weighted by atomic mass is 35.5. The van der Waals surface area contributed by atoms with E-state index in [0.29, 0.717) is 10.8 Å². The summed E-state index contributed by atoms with van der Waals surface area (Å²) in [5.74, 6) is 0.138. The quantitative estimate of drug-likeness (QED) is 0.776. The SMILES string of the molecule is COc1ccc(Cl)cc1/C=C\C(N)=O. The van der Waals surface area contributed by atoms with E-state index in [1.165, 1.54) is 6.08 Å². The van der Waals surface area contributed by atoms with E-state index in [-0.39, 0.29) is 0 Å². The van der Waals surface area contributed by atoms with Crippen LogP contribution in [0.3, 0.4) is 0 Å². The van der Waals surface area contributed by atoms with E-state index in [2.05, 4.69) is 0 Å². The van der Waals surface area contributed by atoms with E-state index < -0.39 is 5.91 Å². The summed E-state index contributed by atoms with van der Waals surface area (Å²) in [6.07, 6.45) is 2.82. The third-order valence-corrected chi connectivity index (χ3v) is 1.85. The fourth-order valence-corrected chi connectivity index (χ4v) is 1.19. The van der Waals surface area contributed by atoms with Crippen molar-refractivity contribution in [3.63, 3.8) is 0 Å². The Hall–Kier alpha value is -1.48. The molecule has 1 aromatic carbocycles. The Labute approximate surface area is 87.1 Å². The molecule has 1 amide bonds. The van der Waals surface area contributed by atoms with Gasteiger partial charge in [-0.3, -0.25) is 4.79 Å². The first-order chi connectivity index (χ1) is 6.63. The summed E-state index contributed by atoms with van der Waals surface area (Å²) in [7, 11) is 1.55. The number of rotatable bonds is 3. The summed E-state index contributed by atoms with van der Waals surface area (Å²) in [4.78, 5) is 10.5. The van der Waals surface area contributed by atoms with Gasteiger partial charge in [0.25, 0.3) is 0 Å². The Morgan fingerprint density at radius 1 is 1.57 bits per heavy atom. The molecular weight excluding hydrogens is 202 g/mol. The first-order valence-corrected chi connectivity index (χ1v) is 4.32. The molecule has 0 atom stereocenters. The fourth-order valence-electron chi connectivity index (χ4n) is 1.01. The molecule has 0 aliphatic carbocycles. The second kappa shape index (κ2) is 4.67. The fraction of sp³-hybridized carbons (Fsp3) is 0.100. The molecule has 0 aliphatic rings. The lowest BCUT2D eigenvalue weighted by Crippen LogP contribution is -2.05. The highest BCUT2D eigenvalue weighted by Crippen LogP contribution is 2.23. The summed E-state index contributed by atoms with van der Waals surface area (Å²) in [6, 6.07) is 5.13. The van der Waals surface area contributed by atoms with Gasteiger partial charge in [0, 0.05) is 16.7 Å². The predicted molar refractivity (Wildman–Crippen MR) is 56.2 cm³/mol. The van der Waals surface area contributed by atoms with Crippen molar-refractivity contribution >= 4 is 23.6 Å². The summed E-state index contributed by atoms with van der Waals surface area (Å²) in [5.41, 5.74) is 5.69. The van der Waals surface area contributed by atoms with Crippen LogP contribution in [-0.4, -0.2) is 13.0 Å². The van der Waals surface area contributed by atoms with E-state index >= 15 is 0 Å². The largest absolute Gasteiger partial charge is 0.496 e. The van der Waals surface area contributed by atoms with E-state index in [9.17, 15) is 4.79 Å². The number of nitrogens with two attached hydrogens (primary N) is 1. The van der Waals surface area contributed by atoms with Crippen molar-refractivity contribution in [1.82, 2.24) is 0 Å². The molecular formula is C10H10ClNO2. The Morgan fingerprint density at radius 3 is 2.86 bits per heavy atom. The number of carbonyl (C=O) groups is 1. The second-order valence-corrected chi connectivity index (χ2v) is 3.06. The number of carbonyl (C=O) groups excluding carboxylic acids is 1. The minimum absolute atomic E-state index is 0.507. The van der Waals surface area contributed by atoms with Crippen molar-refractivity contribution in [3.05, 3.63) is 34.9 Å². The lowest BCUT2D eigenvalue weighted by molar-refractivity contribution is -0.113. The Balaban J connectivity index is 3.04. The maximum Gasteiger partial charge on any atom is 0.241 e. The van der Waals surface area contributed by atoms with Crippen molar-refractivity contribution < 1.29 is 9.53 Å². The van der Waals surface area contributed by atoms with Crippen LogP contribution >= 0.6 is 11.6 Å². The summed E-state index contributed by atoms with van der Waals surface area (Å²) >= 11 is 5.78. The van der Waals surface area contributed by atoms with Crippen molar-refractivity contribution in [1.29, 1.82) is 0 Å². The summed E-state index contributed by atoms with van der Waals surface area (Å²) in [5, 5.41) is 0.579. The van der Waals surface area contributed by atoms with Gasteiger partial charge in [0.1, 0.15) is 5.75 Å². The molecule has 0 aliphatic heterocycles. The molecule has 0 unspecified atom stereocenters. The molecule has 3 nitrogen and oxygen atoms in total. The average Bonchev–Trinajstić information content (AvgIpc) is 2.15. The predicted octanol–water partition coefficient (Wildman–Crippen LogP) is 1.85. The number of primary amides is 1. The molecule has 1 aromatic rings. The molecule has 0 saturated carbocycles. The standard InChI is InChI=1S/C10H10ClNO2/c1-14-9-4-3-8(11)6-7(9)2-5-10(12)13/h2-6H,1H3,(H2,12,13)/b5-2-. The Bertz CT molecular complexity index is 374. The number of hydrogen-bond acceptors (Lipinski definition) is 2. The van der Waals surface area contributed by atoms with Crippen LogP contribution in [0.15, 0.2) is 24.3 Å². The molecule has 0 aromatic heterocycles. The topological polar surface area (TPSA) is 52.3 Å². The van der Waals surface area contributed by atoms with Crippen LogP contribution in [0.25, 0.3) is 6.08 Å². The Morgan fingerprint density at radius 2 is 2.29 bits per heavy atom. The molecule has 1 rings (SSSR count). The first kappa shape index (κ1) is 10.6. The monoisotopic (exact) mass is 211 g/mol. The van der Waals surface area contributed by atoms with Crippen molar-refractivity contribution in [3.8, 4) is 5.75 Å². The molecule has 4 heteroatoms. The van der Waals surface area contributed by atoms with Crippen LogP contribution < -0.4 is 10.5 Å².